The predicted octanol–water partition coefficient (Wildman–Crippen LogP) is 1.90. The van der Waals surface area contributed by atoms with E-state index in [1.54, 1.807) is 12.1 Å². The number of rotatable bonds is 5. The minimum Gasteiger partial charge on any atom is -0.504 e. The Morgan fingerprint density at radius 3 is 2.88 bits per heavy atom. The van der Waals surface area contributed by atoms with E-state index in [2.05, 4.69) is 10.1 Å². The van der Waals surface area contributed by atoms with Crippen LogP contribution < -0.4 is 10.1 Å². The topological polar surface area (TPSA) is 109 Å². The van der Waals surface area contributed by atoms with Crippen molar-refractivity contribution in [3.05, 3.63) is 33.6 Å². The highest BCUT2D eigenvalue weighted by Crippen LogP contribution is 2.44. The van der Waals surface area contributed by atoms with Crippen LogP contribution in [-0.2, 0) is 14.3 Å². The number of phenols is 1. The summed E-state index contributed by atoms with van der Waals surface area (Å²) < 4.78 is 10.1. The molecule has 1 atom stereocenters. The minimum absolute atomic E-state index is 0.00289. The van der Waals surface area contributed by atoms with Gasteiger partial charge in [-0.3, -0.25) is 9.59 Å². The fraction of sp³-hybridized carbons (Fsp3) is 0.267. The minimum atomic E-state index is -0.513. The maximum atomic E-state index is 12.1. The molecule has 7 nitrogen and oxygen atoms in total. The summed E-state index contributed by atoms with van der Waals surface area (Å²) in [6.07, 6.45) is 0. The van der Waals surface area contributed by atoms with Crippen LogP contribution in [0, 0.1) is 11.3 Å². The predicted molar refractivity (Wildman–Crippen MR) is 90.2 cm³/mol. The van der Waals surface area contributed by atoms with E-state index in [9.17, 15) is 14.7 Å². The fourth-order valence-electron chi connectivity index (χ4n) is 1.87. The molecule has 0 radical (unpaired) electrons. The lowest BCUT2D eigenvalue weighted by Gasteiger charge is -2.25. The summed E-state index contributed by atoms with van der Waals surface area (Å²) in [5.41, 5.74) is 0.659. The number of nitriles is 1. The summed E-state index contributed by atoms with van der Waals surface area (Å²) in [5.74, 6) is -0.689. The standard InChI is InChI=1S/C15H14N2O5S2/c1-21-11-5-8(3-4-10(11)18)14-17-13(20)9(6-16)15(24-14)23-7-12(19)22-2/h3-5,14,18H,7H2,1-2H3,(H,17,20). The highest BCUT2D eigenvalue weighted by atomic mass is 32.2. The number of phenolic OH excluding ortho intramolecular Hbond substituents is 1. The molecule has 0 aromatic heterocycles. The lowest BCUT2D eigenvalue weighted by Crippen LogP contribution is -2.31. The molecular formula is C15H14N2O5S2. The van der Waals surface area contributed by atoms with Crippen molar-refractivity contribution >= 4 is 35.4 Å². The van der Waals surface area contributed by atoms with Crippen molar-refractivity contribution in [1.29, 1.82) is 5.26 Å². The third kappa shape index (κ3) is 3.96. The van der Waals surface area contributed by atoms with Gasteiger partial charge in [-0.2, -0.15) is 5.26 Å². The maximum Gasteiger partial charge on any atom is 0.316 e. The largest absolute Gasteiger partial charge is 0.504 e. The molecule has 1 aromatic rings. The molecule has 2 N–H and O–H groups in total. The monoisotopic (exact) mass is 366 g/mol. The van der Waals surface area contributed by atoms with Crippen LogP contribution in [0.25, 0.3) is 0 Å². The number of hydrogen-bond donors (Lipinski definition) is 2. The number of carbonyl (C=O) groups is 2. The summed E-state index contributed by atoms with van der Waals surface area (Å²) >= 11 is 2.32. The number of esters is 1. The first kappa shape index (κ1) is 18.0. The van der Waals surface area contributed by atoms with Gasteiger partial charge in [-0.05, 0) is 17.7 Å². The average molecular weight is 366 g/mol. The molecule has 1 aromatic carbocycles. The van der Waals surface area contributed by atoms with Crippen LogP contribution in [0.3, 0.4) is 0 Å². The summed E-state index contributed by atoms with van der Waals surface area (Å²) in [6.45, 7) is 0. The molecule has 1 unspecified atom stereocenters. The third-order valence-electron chi connectivity index (χ3n) is 3.09. The van der Waals surface area contributed by atoms with Crippen LogP contribution in [0.4, 0.5) is 0 Å². The lowest BCUT2D eigenvalue weighted by molar-refractivity contribution is -0.137. The summed E-state index contributed by atoms with van der Waals surface area (Å²) in [5, 5.41) is 21.1. The SMILES string of the molecule is COC(=O)CSC1=C(C#N)C(=O)NC(c2ccc(O)c(OC)c2)S1. The molecule has 1 aliphatic heterocycles. The molecule has 1 amide bonds. The van der Waals surface area contributed by atoms with Gasteiger partial charge >= 0.3 is 5.97 Å². The number of benzene rings is 1. The molecule has 1 aliphatic rings. The van der Waals surface area contributed by atoms with Crippen LogP contribution in [0.5, 0.6) is 11.5 Å². The highest BCUT2D eigenvalue weighted by Gasteiger charge is 2.30. The number of nitrogens with one attached hydrogen (secondary N) is 1. The Morgan fingerprint density at radius 1 is 1.50 bits per heavy atom. The van der Waals surface area contributed by atoms with Crippen molar-refractivity contribution in [3.8, 4) is 17.6 Å². The van der Waals surface area contributed by atoms with Crippen molar-refractivity contribution in [2.75, 3.05) is 20.0 Å². The quantitative estimate of drug-likeness (QED) is 0.761. The van der Waals surface area contributed by atoms with Gasteiger partial charge in [-0.25, -0.2) is 0 Å². The van der Waals surface area contributed by atoms with E-state index < -0.39 is 17.3 Å². The Morgan fingerprint density at radius 2 is 2.25 bits per heavy atom. The van der Waals surface area contributed by atoms with Crippen molar-refractivity contribution in [3.63, 3.8) is 0 Å². The van der Waals surface area contributed by atoms with E-state index in [0.717, 1.165) is 11.8 Å². The number of methoxy groups -OCH3 is 2. The van der Waals surface area contributed by atoms with Gasteiger partial charge in [0, 0.05) is 0 Å². The molecular weight excluding hydrogens is 352 g/mol. The summed E-state index contributed by atoms with van der Waals surface area (Å²) in [7, 11) is 2.70. The first-order chi connectivity index (χ1) is 11.5. The van der Waals surface area contributed by atoms with E-state index in [1.807, 2.05) is 6.07 Å². The maximum absolute atomic E-state index is 12.1. The summed E-state index contributed by atoms with van der Waals surface area (Å²) in [4.78, 5) is 23.4. The Bertz CT molecular complexity index is 742. The second-order valence-corrected chi connectivity index (χ2v) is 6.90. The number of thioether (sulfide) groups is 2. The number of ether oxygens (including phenoxy) is 2. The Labute approximate surface area is 147 Å². The third-order valence-corrected chi connectivity index (χ3v) is 5.62. The first-order valence-corrected chi connectivity index (χ1v) is 8.55. The van der Waals surface area contributed by atoms with Gasteiger partial charge in [0.05, 0.1) is 24.2 Å². The molecule has 2 rings (SSSR count). The second kappa shape index (κ2) is 7.99. The Kier molecular flexibility index (Phi) is 6.00. The molecule has 0 saturated heterocycles. The van der Waals surface area contributed by atoms with Gasteiger partial charge in [0.25, 0.3) is 5.91 Å². The molecule has 0 saturated carbocycles. The van der Waals surface area contributed by atoms with Crippen LogP contribution in [0.2, 0.25) is 0 Å². The zero-order valence-corrected chi connectivity index (χ0v) is 14.5. The van der Waals surface area contributed by atoms with Crippen molar-refractivity contribution in [2.24, 2.45) is 0 Å². The van der Waals surface area contributed by atoms with E-state index in [0.29, 0.717) is 9.80 Å². The van der Waals surface area contributed by atoms with Crippen LogP contribution >= 0.6 is 23.5 Å². The molecule has 0 aliphatic carbocycles. The molecule has 0 bridgehead atoms. The molecule has 126 valence electrons. The number of hydrogen-bond acceptors (Lipinski definition) is 8. The lowest BCUT2D eigenvalue weighted by atomic mass is 10.2. The number of nitrogens with zero attached hydrogens (tertiary/aromatic N) is 1. The van der Waals surface area contributed by atoms with Crippen molar-refractivity contribution < 1.29 is 24.2 Å². The van der Waals surface area contributed by atoms with E-state index in [1.165, 1.54) is 32.0 Å². The van der Waals surface area contributed by atoms with Gasteiger partial charge in [0.2, 0.25) is 0 Å². The van der Waals surface area contributed by atoms with E-state index >= 15 is 0 Å². The van der Waals surface area contributed by atoms with E-state index in [4.69, 9.17) is 10.00 Å². The van der Waals surface area contributed by atoms with Crippen molar-refractivity contribution in [2.45, 2.75) is 5.37 Å². The van der Waals surface area contributed by atoms with E-state index in [-0.39, 0.29) is 22.8 Å². The van der Waals surface area contributed by atoms with Gasteiger partial charge in [0.1, 0.15) is 17.0 Å². The normalized spacial score (nSPS) is 17.0. The second-order valence-electron chi connectivity index (χ2n) is 4.54. The zero-order chi connectivity index (χ0) is 17.7. The summed E-state index contributed by atoms with van der Waals surface area (Å²) in [6, 6.07) is 6.58. The van der Waals surface area contributed by atoms with Crippen LogP contribution in [-0.4, -0.2) is 37.0 Å². The smallest absolute Gasteiger partial charge is 0.316 e. The molecule has 9 heteroatoms. The van der Waals surface area contributed by atoms with Crippen LogP contribution in [0.1, 0.15) is 10.9 Å². The number of amides is 1. The Hall–Kier alpha value is -2.31. The molecule has 0 spiro atoms. The molecule has 24 heavy (non-hydrogen) atoms. The number of carbonyl (C=O) groups excluding carboxylic acids is 2. The highest BCUT2D eigenvalue weighted by molar-refractivity contribution is 8.22. The molecule has 0 fully saturated rings. The van der Waals surface area contributed by atoms with Crippen LogP contribution in [0.15, 0.2) is 28.0 Å². The fourth-order valence-corrected chi connectivity index (χ4v) is 4.18. The molecule has 1 heterocycles. The number of aromatic hydroxyl groups is 1. The van der Waals surface area contributed by atoms with Gasteiger partial charge in [0.15, 0.2) is 11.5 Å². The van der Waals surface area contributed by atoms with Gasteiger partial charge < -0.3 is 19.9 Å². The average Bonchev–Trinajstić information content (AvgIpc) is 2.59. The Balaban J connectivity index is 2.27. The van der Waals surface area contributed by atoms with Crippen molar-refractivity contribution in [1.82, 2.24) is 5.32 Å². The first-order valence-electron chi connectivity index (χ1n) is 6.68. The van der Waals surface area contributed by atoms with Gasteiger partial charge in [-0.15, -0.1) is 11.8 Å². The zero-order valence-electron chi connectivity index (χ0n) is 12.9. The van der Waals surface area contributed by atoms with Gasteiger partial charge in [-0.1, -0.05) is 17.8 Å².